The van der Waals surface area contributed by atoms with E-state index in [1.54, 1.807) is 42.7 Å². The molecule has 0 spiro atoms. The molecule has 0 N–H and O–H groups in total. The number of rotatable bonds is 5. The zero-order chi connectivity index (χ0) is 26.4. The minimum atomic E-state index is -5.03. The van der Waals surface area contributed by atoms with E-state index in [0.29, 0.717) is 44.7 Å². The predicted molar refractivity (Wildman–Crippen MR) is 129 cm³/mol. The number of fused-ring (bicyclic) bond motifs is 3. The molecule has 2 aromatic carbocycles. The average Bonchev–Trinajstić information content (AvgIpc) is 3.24. The molecule has 3 atom stereocenters. The van der Waals surface area contributed by atoms with Crippen molar-refractivity contribution in [1.82, 2.24) is 9.88 Å². The van der Waals surface area contributed by atoms with E-state index in [4.69, 9.17) is 0 Å². The SMILES string of the molecule is CC(F)(c1ccc2c(c1)CC[C@H]1N(C(=O)Cc3ccncc3)CC[C@@]21Cc1ccc(F)cc1)C(F)(F)F. The van der Waals surface area contributed by atoms with E-state index >= 15 is 0 Å². The largest absolute Gasteiger partial charge is 0.426 e. The number of pyridine rings is 1. The first-order valence-corrected chi connectivity index (χ1v) is 12.3. The molecule has 1 aromatic heterocycles. The Hall–Kier alpha value is -3.29. The van der Waals surface area contributed by atoms with Gasteiger partial charge in [-0.2, -0.15) is 13.2 Å². The number of carbonyl (C=O) groups is 1. The van der Waals surface area contributed by atoms with Crippen LogP contribution in [0.15, 0.2) is 67.0 Å². The highest BCUT2D eigenvalue weighted by Gasteiger charge is 2.55. The van der Waals surface area contributed by atoms with Crippen molar-refractivity contribution in [3.05, 3.63) is 101 Å². The van der Waals surface area contributed by atoms with Gasteiger partial charge in [-0.3, -0.25) is 9.78 Å². The van der Waals surface area contributed by atoms with Crippen molar-refractivity contribution in [2.75, 3.05) is 6.54 Å². The van der Waals surface area contributed by atoms with E-state index in [1.165, 1.54) is 24.3 Å². The molecule has 1 aliphatic carbocycles. The summed E-state index contributed by atoms with van der Waals surface area (Å²) in [5, 5.41) is 0. The molecule has 1 fully saturated rings. The van der Waals surface area contributed by atoms with Gasteiger partial charge in [0.05, 0.1) is 6.42 Å². The molecule has 1 saturated heterocycles. The third-order valence-electron chi connectivity index (χ3n) is 8.07. The Bertz CT molecular complexity index is 1290. The van der Waals surface area contributed by atoms with Crippen LogP contribution in [0.1, 0.15) is 47.6 Å². The fraction of sp³-hybridized carbons (Fsp3) is 0.379. The van der Waals surface area contributed by atoms with Gasteiger partial charge in [0, 0.05) is 30.4 Å². The highest BCUT2D eigenvalue weighted by atomic mass is 19.4. The van der Waals surface area contributed by atoms with E-state index in [9.17, 15) is 26.7 Å². The summed E-state index contributed by atoms with van der Waals surface area (Å²) in [6.07, 6.45) is 0.557. The van der Waals surface area contributed by atoms with Gasteiger partial charge >= 0.3 is 6.18 Å². The maximum atomic E-state index is 14.8. The summed E-state index contributed by atoms with van der Waals surface area (Å²) in [5.41, 5.74) is -1.21. The van der Waals surface area contributed by atoms with E-state index in [0.717, 1.165) is 16.7 Å². The summed E-state index contributed by atoms with van der Waals surface area (Å²) in [6, 6.07) is 13.8. The number of carbonyl (C=O) groups excluding carboxylic acids is 1. The van der Waals surface area contributed by atoms with Crippen LogP contribution in [0.2, 0.25) is 0 Å². The molecule has 3 aromatic rings. The summed E-state index contributed by atoms with van der Waals surface area (Å²) in [5.74, 6) is -0.382. The van der Waals surface area contributed by atoms with Gasteiger partial charge in [-0.1, -0.05) is 30.3 Å². The standard InChI is InChI=1S/C29H27F5N2O/c1-27(31,29(32,33)34)22-5-8-24-21(17-22)4-9-25-28(24,18-20-2-6-23(30)7-3-20)12-15-36(25)26(37)16-19-10-13-35-14-11-19/h2-3,5-8,10-11,13-14,17,25H,4,9,12,15-16,18H2,1H3/t25-,27?,28-/m1/s1. The van der Waals surface area contributed by atoms with Crippen LogP contribution in [-0.2, 0) is 35.1 Å². The van der Waals surface area contributed by atoms with Crippen molar-refractivity contribution in [2.45, 2.75) is 62.3 Å². The normalized spacial score (nSPS) is 22.8. The Morgan fingerprint density at radius 3 is 2.41 bits per heavy atom. The van der Waals surface area contributed by atoms with E-state index in [-0.39, 0.29) is 24.2 Å². The molecule has 1 amide bonds. The smallest absolute Gasteiger partial charge is 0.338 e. The molecular formula is C29H27F5N2O. The second-order valence-electron chi connectivity index (χ2n) is 10.3. The van der Waals surface area contributed by atoms with E-state index in [2.05, 4.69) is 4.98 Å². The van der Waals surface area contributed by atoms with Crippen molar-refractivity contribution in [2.24, 2.45) is 0 Å². The Morgan fingerprint density at radius 1 is 1.03 bits per heavy atom. The molecule has 0 bridgehead atoms. The summed E-state index contributed by atoms with van der Waals surface area (Å²) in [4.78, 5) is 19.3. The van der Waals surface area contributed by atoms with Gasteiger partial charge in [0.1, 0.15) is 5.82 Å². The Labute approximate surface area is 212 Å². The Morgan fingerprint density at radius 2 is 1.73 bits per heavy atom. The number of nitrogens with zero attached hydrogens (tertiary/aromatic N) is 2. The third kappa shape index (κ3) is 4.51. The second kappa shape index (κ2) is 9.23. The number of amides is 1. The van der Waals surface area contributed by atoms with Crippen LogP contribution in [0, 0.1) is 5.82 Å². The molecule has 2 aliphatic rings. The molecule has 2 heterocycles. The van der Waals surface area contributed by atoms with E-state index < -0.39 is 22.8 Å². The molecule has 0 saturated carbocycles. The molecule has 194 valence electrons. The van der Waals surface area contributed by atoms with Gasteiger partial charge in [0.25, 0.3) is 0 Å². The van der Waals surface area contributed by atoms with Crippen molar-refractivity contribution in [3.8, 4) is 0 Å². The van der Waals surface area contributed by atoms with Crippen LogP contribution >= 0.6 is 0 Å². The third-order valence-corrected chi connectivity index (χ3v) is 8.07. The Kier molecular flexibility index (Phi) is 6.32. The number of hydrogen-bond donors (Lipinski definition) is 0. The van der Waals surface area contributed by atoms with Crippen molar-refractivity contribution < 1.29 is 26.7 Å². The number of aryl methyl sites for hydroxylation is 1. The van der Waals surface area contributed by atoms with Gasteiger partial charge in [-0.15, -0.1) is 0 Å². The highest BCUT2D eigenvalue weighted by molar-refractivity contribution is 5.80. The number of aromatic nitrogens is 1. The summed E-state index contributed by atoms with van der Waals surface area (Å²) < 4.78 is 68.7. The lowest BCUT2D eigenvalue weighted by molar-refractivity contribution is -0.228. The topological polar surface area (TPSA) is 33.2 Å². The first kappa shape index (κ1) is 25.4. The van der Waals surface area contributed by atoms with Gasteiger partial charge in [0.2, 0.25) is 11.6 Å². The fourth-order valence-electron chi connectivity index (χ4n) is 6.06. The van der Waals surface area contributed by atoms with Crippen LogP contribution in [-0.4, -0.2) is 34.6 Å². The van der Waals surface area contributed by atoms with Crippen LogP contribution in [0.25, 0.3) is 0 Å². The lowest BCUT2D eigenvalue weighted by Crippen LogP contribution is -2.49. The molecule has 3 nitrogen and oxygen atoms in total. The molecule has 5 rings (SSSR count). The first-order valence-electron chi connectivity index (χ1n) is 12.3. The average molecular weight is 515 g/mol. The summed E-state index contributed by atoms with van der Waals surface area (Å²) in [7, 11) is 0. The number of alkyl halides is 4. The maximum Gasteiger partial charge on any atom is 0.426 e. The zero-order valence-electron chi connectivity index (χ0n) is 20.4. The number of hydrogen-bond acceptors (Lipinski definition) is 2. The van der Waals surface area contributed by atoms with Gasteiger partial charge < -0.3 is 4.90 Å². The van der Waals surface area contributed by atoms with Crippen molar-refractivity contribution in [1.29, 1.82) is 0 Å². The van der Waals surface area contributed by atoms with Crippen LogP contribution < -0.4 is 0 Å². The number of halogens is 5. The van der Waals surface area contributed by atoms with Crippen LogP contribution in [0.3, 0.4) is 0 Å². The minimum absolute atomic E-state index is 0.0225. The Balaban J connectivity index is 1.54. The van der Waals surface area contributed by atoms with Gasteiger partial charge in [0.15, 0.2) is 0 Å². The number of benzene rings is 2. The van der Waals surface area contributed by atoms with E-state index in [1.807, 2.05) is 4.90 Å². The second-order valence-corrected chi connectivity index (χ2v) is 10.3. The lowest BCUT2D eigenvalue weighted by Gasteiger charge is -2.44. The van der Waals surface area contributed by atoms with Gasteiger partial charge in [-0.25, -0.2) is 8.78 Å². The molecule has 1 aliphatic heterocycles. The monoisotopic (exact) mass is 514 g/mol. The van der Waals surface area contributed by atoms with Crippen LogP contribution in [0.5, 0.6) is 0 Å². The molecule has 1 unspecified atom stereocenters. The van der Waals surface area contributed by atoms with Gasteiger partial charge in [-0.05, 0) is 84.7 Å². The molecular weight excluding hydrogens is 487 g/mol. The first-order chi connectivity index (χ1) is 17.5. The molecule has 0 radical (unpaired) electrons. The highest BCUT2D eigenvalue weighted by Crippen LogP contribution is 2.51. The fourth-order valence-corrected chi connectivity index (χ4v) is 6.06. The molecule has 8 heteroatoms. The minimum Gasteiger partial charge on any atom is -0.338 e. The predicted octanol–water partition coefficient (Wildman–Crippen LogP) is 6.24. The zero-order valence-corrected chi connectivity index (χ0v) is 20.4. The molecule has 37 heavy (non-hydrogen) atoms. The lowest BCUT2D eigenvalue weighted by atomic mass is 9.63. The van der Waals surface area contributed by atoms with Crippen molar-refractivity contribution >= 4 is 5.91 Å². The summed E-state index contributed by atoms with van der Waals surface area (Å²) in [6.45, 7) is 1.05. The maximum absolute atomic E-state index is 14.8. The van der Waals surface area contributed by atoms with Crippen LogP contribution in [0.4, 0.5) is 22.0 Å². The number of likely N-dealkylation sites (tertiary alicyclic amines) is 1. The summed E-state index contributed by atoms with van der Waals surface area (Å²) >= 11 is 0. The quantitative estimate of drug-likeness (QED) is 0.378. The van der Waals surface area contributed by atoms with Crippen molar-refractivity contribution in [3.63, 3.8) is 0 Å².